The summed E-state index contributed by atoms with van der Waals surface area (Å²) >= 11 is 0. The summed E-state index contributed by atoms with van der Waals surface area (Å²) in [5.41, 5.74) is 5.82. The molecule has 0 heterocycles. The Morgan fingerprint density at radius 2 is 1.84 bits per heavy atom. The lowest BCUT2D eigenvalue weighted by atomic mass is 9.94. The van der Waals surface area contributed by atoms with Crippen LogP contribution in [0.15, 0.2) is 0 Å². The highest BCUT2D eigenvalue weighted by Gasteiger charge is 2.32. The maximum Gasteiger partial charge on any atom is 0.242 e. The number of hydrogen-bond acceptors (Lipinski definition) is 3. The number of nitrogens with two attached hydrogens (primary N) is 1. The predicted octanol–water partition coefficient (Wildman–Crippen LogP) is 0.925. The SMILES string of the molecule is CNC(=O)C(CC(C)C)NC(=O)CC1(N)CCCC1. The van der Waals surface area contributed by atoms with Crippen molar-refractivity contribution < 1.29 is 9.59 Å². The Morgan fingerprint density at radius 1 is 1.26 bits per heavy atom. The van der Waals surface area contributed by atoms with Crippen LogP contribution in [0, 0.1) is 5.92 Å². The zero-order valence-electron chi connectivity index (χ0n) is 12.3. The second-order valence-electron chi connectivity index (χ2n) is 6.11. The first-order chi connectivity index (χ1) is 8.86. The summed E-state index contributed by atoms with van der Waals surface area (Å²) in [7, 11) is 1.59. The summed E-state index contributed by atoms with van der Waals surface area (Å²) in [5, 5.41) is 5.41. The smallest absolute Gasteiger partial charge is 0.242 e. The highest BCUT2D eigenvalue weighted by Crippen LogP contribution is 2.29. The molecule has 0 radical (unpaired) electrons. The van der Waals surface area contributed by atoms with Gasteiger partial charge in [0.25, 0.3) is 0 Å². The van der Waals surface area contributed by atoms with Crippen LogP contribution in [0.4, 0.5) is 0 Å². The Balaban J connectivity index is 2.53. The van der Waals surface area contributed by atoms with Gasteiger partial charge in [-0.05, 0) is 25.2 Å². The second kappa shape index (κ2) is 6.89. The van der Waals surface area contributed by atoms with Gasteiger partial charge in [-0.3, -0.25) is 9.59 Å². The van der Waals surface area contributed by atoms with Crippen molar-refractivity contribution in [2.75, 3.05) is 7.05 Å². The van der Waals surface area contributed by atoms with E-state index in [9.17, 15) is 9.59 Å². The second-order valence-corrected chi connectivity index (χ2v) is 6.11. The van der Waals surface area contributed by atoms with Gasteiger partial charge >= 0.3 is 0 Å². The van der Waals surface area contributed by atoms with Crippen molar-refractivity contribution in [2.24, 2.45) is 11.7 Å². The molecule has 2 amide bonds. The van der Waals surface area contributed by atoms with E-state index >= 15 is 0 Å². The Labute approximate surface area is 115 Å². The van der Waals surface area contributed by atoms with Crippen molar-refractivity contribution in [3.8, 4) is 0 Å². The van der Waals surface area contributed by atoms with Crippen molar-refractivity contribution >= 4 is 11.8 Å². The molecule has 110 valence electrons. The molecule has 0 aromatic rings. The third-order valence-electron chi connectivity index (χ3n) is 3.72. The molecule has 1 atom stereocenters. The van der Waals surface area contributed by atoms with Gasteiger partial charge < -0.3 is 16.4 Å². The van der Waals surface area contributed by atoms with Crippen LogP contribution >= 0.6 is 0 Å². The van der Waals surface area contributed by atoms with E-state index in [0.29, 0.717) is 18.8 Å². The summed E-state index contributed by atoms with van der Waals surface area (Å²) in [4.78, 5) is 23.8. The van der Waals surface area contributed by atoms with Gasteiger partial charge in [0.2, 0.25) is 11.8 Å². The Bertz CT molecular complexity index is 323. The molecule has 0 bridgehead atoms. The average molecular weight is 269 g/mol. The van der Waals surface area contributed by atoms with Gasteiger partial charge in [0.15, 0.2) is 0 Å². The van der Waals surface area contributed by atoms with Gasteiger partial charge in [-0.25, -0.2) is 0 Å². The fourth-order valence-electron chi connectivity index (χ4n) is 2.70. The van der Waals surface area contributed by atoms with E-state index < -0.39 is 6.04 Å². The summed E-state index contributed by atoms with van der Waals surface area (Å²) in [6.45, 7) is 4.06. The minimum absolute atomic E-state index is 0.112. The molecule has 1 unspecified atom stereocenters. The molecule has 0 spiro atoms. The summed E-state index contributed by atoms with van der Waals surface area (Å²) in [6, 6.07) is -0.456. The number of carbonyl (C=O) groups is 2. The lowest BCUT2D eigenvalue weighted by Crippen LogP contribution is -2.49. The summed E-state index contributed by atoms with van der Waals surface area (Å²) in [6.07, 6.45) is 4.94. The van der Waals surface area contributed by atoms with Crippen molar-refractivity contribution in [2.45, 2.75) is 64.0 Å². The fourth-order valence-corrected chi connectivity index (χ4v) is 2.70. The first kappa shape index (κ1) is 16.0. The maximum absolute atomic E-state index is 12.0. The van der Waals surface area contributed by atoms with Crippen LogP contribution in [0.2, 0.25) is 0 Å². The molecule has 5 nitrogen and oxygen atoms in total. The largest absolute Gasteiger partial charge is 0.357 e. The van der Waals surface area contributed by atoms with E-state index in [2.05, 4.69) is 10.6 Å². The Hall–Kier alpha value is -1.10. The summed E-state index contributed by atoms with van der Waals surface area (Å²) < 4.78 is 0. The molecular weight excluding hydrogens is 242 g/mol. The minimum atomic E-state index is -0.456. The number of carbonyl (C=O) groups excluding carboxylic acids is 2. The lowest BCUT2D eigenvalue weighted by Gasteiger charge is -2.25. The van der Waals surface area contributed by atoms with Crippen molar-refractivity contribution in [1.29, 1.82) is 0 Å². The topological polar surface area (TPSA) is 84.2 Å². The van der Waals surface area contributed by atoms with Gasteiger partial charge in [-0.1, -0.05) is 26.7 Å². The monoisotopic (exact) mass is 269 g/mol. The van der Waals surface area contributed by atoms with Gasteiger partial charge in [-0.2, -0.15) is 0 Å². The van der Waals surface area contributed by atoms with Gasteiger partial charge in [0, 0.05) is 19.0 Å². The molecule has 0 saturated heterocycles. The fraction of sp³-hybridized carbons (Fsp3) is 0.857. The van der Waals surface area contributed by atoms with Crippen LogP contribution in [0.1, 0.15) is 52.4 Å². The first-order valence-corrected chi connectivity index (χ1v) is 7.16. The van der Waals surface area contributed by atoms with Crippen LogP contribution in [-0.4, -0.2) is 30.4 Å². The highest BCUT2D eigenvalue weighted by atomic mass is 16.2. The summed E-state index contributed by atoms with van der Waals surface area (Å²) in [5.74, 6) is 0.0964. The molecule has 0 aliphatic heterocycles. The van der Waals surface area contributed by atoms with Crippen LogP contribution in [-0.2, 0) is 9.59 Å². The van der Waals surface area contributed by atoms with E-state index in [0.717, 1.165) is 25.7 Å². The van der Waals surface area contributed by atoms with Crippen LogP contribution in [0.25, 0.3) is 0 Å². The molecule has 1 aliphatic carbocycles. The standard InChI is InChI=1S/C14H27N3O2/c1-10(2)8-11(13(19)16-3)17-12(18)9-14(15)6-4-5-7-14/h10-11H,4-9,15H2,1-3H3,(H,16,19)(H,17,18). The molecule has 1 rings (SSSR count). The number of likely N-dealkylation sites (N-methyl/N-ethyl adjacent to an activating group) is 1. The average Bonchev–Trinajstić information content (AvgIpc) is 2.72. The Kier molecular flexibility index (Phi) is 5.79. The van der Waals surface area contributed by atoms with E-state index in [-0.39, 0.29) is 17.4 Å². The normalized spacial score (nSPS) is 19.2. The van der Waals surface area contributed by atoms with Crippen LogP contribution < -0.4 is 16.4 Å². The van der Waals surface area contributed by atoms with E-state index in [1.54, 1.807) is 7.05 Å². The predicted molar refractivity (Wildman–Crippen MR) is 75.5 cm³/mol. The number of nitrogens with one attached hydrogen (secondary N) is 2. The molecule has 1 fully saturated rings. The van der Waals surface area contributed by atoms with Gasteiger partial charge in [-0.15, -0.1) is 0 Å². The Morgan fingerprint density at radius 3 is 2.32 bits per heavy atom. The van der Waals surface area contributed by atoms with E-state index in [1.165, 1.54) is 0 Å². The van der Waals surface area contributed by atoms with Gasteiger partial charge in [0.1, 0.15) is 6.04 Å². The molecule has 1 aliphatic rings. The number of rotatable bonds is 6. The zero-order chi connectivity index (χ0) is 14.5. The quantitative estimate of drug-likeness (QED) is 0.670. The minimum Gasteiger partial charge on any atom is -0.357 e. The molecule has 0 aromatic carbocycles. The number of hydrogen-bond donors (Lipinski definition) is 3. The van der Waals surface area contributed by atoms with Crippen molar-refractivity contribution in [1.82, 2.24) is 10.6 Å². The number of amides is 2. The third-order valence-corrected chi connectivity index (χ3v) is 3.72. The van der Waals surface area contributed by atoms with Crippen LogP contribution in [0.3, 0.4) is 0 Å². The van der Waals surface area contributed by atoms with Crippen molar-refractivity contribution in [3.05, 3.63) is 0 Å². The molecule has 4 N–H and O–H groups in total. The molecule has 19 heavy (non-hydrogen) atoms. The highest BCUT2D eigenvalue weighted by molar-refractivity contribution is 5.87. The zero-order valence-corrected chi connectivity index (χ0v) is 12.3. The van der Waals surface area contributed by atoms with Crippen LogP contribution in [0.5, 0.6) is 0 Å². The van der Waals surface area contributed by atoms with E-state index in [4.69, 9.17) is 5.73 Å². The molecule has 1 saturated carbocycles. The van der Waals surface area contributed by atoms with E-state index in [1.807, 2.05) is 13.8 Å². The van der Waals surface area contributed by atoms with Crippen molar-refractivity contribution in [3.63, 3.8) is 0 Å². The van der Waals surface area contributed by atoms with Gasteiger partial charge in [0.05, 0.1) is 0 Å². The molecular formula is C14H27N3O2. The third kappa shape index (κ3) is 5.19. The lowest BCUT2D eigenvalue weighted by molar-refractivity contribution is -0.129. The maximum atomic E-state index is 12.0. The molecule has 0 aromatic heterocycles. The first-order valence-electron chi connectivity index (χ1n) is 7.16. The molecule has 5 heteroatoms.